The Morgan fingerprint density at radius 2 is 2.20 bits per heavy atom. The normalized spacial score (nSPS) is 18.7. The second kappa shape index (κ2) is 6.08. The van der Waals surface area contributed by atoms with Gasteiger partial charge in [0.1, 0.15) is 10.7 Å². The highest BCUT2D eigenvalue weighted by molar-refractivity contribution is 7.18. The zero-order chi connectivity index (χ0) is 14.7. The number of nitrogen functional groups attached to an aromatic ring is 1. The van der Waals surface area contributed by atoms with Crippen molar-refractivity contribution >= 4 is 34.1 Å². The van der Waals surface area contributed by atoms with Crippen molar-refractivity contribution < 1.29 is 9.59 Å². The molecule has 1 unspecified atom stereocenters. The third-order valence-electron chi connectivity index (χ3n) is 3.39. The van der Waals surface area contributed by atoms with E-state index in [1.165, 1.54) is 11.3 Å². The molecule has 0 aliphatic carbocycles. The van der Waals surface area contributed by atoms with Crippen LogP contribution in [0, 0.1) is 5.92 Å². The molecule has 4 N–H and O–H groups in total. The molecule has 1 aliphatic rings. The van der Waals surface area contributed by atoms with Crippen molar-refractivity contribution in [3.63, 3.8) is 0 Å². The van der Waals surface area contributed by atoms with Gasteiger partial charge in [-0.1, -0.05) is 11.3 Å². The summed E-state index contributed by atoms with van der Waals surface area (Å²) in [6.07, 6.45) is 1.63. The minimum atomic E-state index is -0.143. The van der Waals surface area contributed by atoms with Gasteiger partial charge in [-0.05, 0) is 12.8 Å². The summed E-state index contributed by atoms with van der Waals surface area (Å²) < 4.78 is 0. The van der Waals surface area contributed by atoms with Crippen LogP contribution in [-0.2, 0) is 4.79 Å². The van der Waals surface area contributed by atoms with E-state index in [-0.39, 0.29) is 23.6 Å². The van der Waals surface area contributed by atoms with Crippen molar-refractivity contribution in [2.45, 2.75) is 12.8 Å². The fourth-order valence-corrected chi connectivity index (χ4v) is 3.12. The maximum absolute atomic E-state index is 12.5. The number of rotatable bonds is 3. The summed E-state index contributed by atoms with van der Waals surface area (Å²) in [6.45, 7) is 1.09. The van der Waals surface area contributed by atoms with Crippen molar-refractivity contribution in [3.8, 4) is 0 Å². The highest BCUT2D eigenvalue weighted by atomic mass is 32.1. The predicted octanol–water partition coefficient (Wildman–Crippen LogP) is 0.365. The lowest BCUT2D eigenvalue weighted by Crippen LogP contribution is -2.44. The first-order chi connectivity index (χ1) is 9.56. The molecular weight excluding hydrogens is 278 g/mol. The van der Waals surface area contributed by atoms with Gasteiger partial charge in [-0.25, -0.2) is 4.98 Å². The predicted molar refractivity (Wildman–Crippen MR) is 78.8 cm³/mol. The molecule has 2 heterocycles. The third kappa shape index (κ3) is 2.84. The maximum atomic E-state index is 12.5. The highest BCUT2D eigenvalue weighted by Crippen LogP contribution is 2.27. The van der Waals surface area contributed by atoms with Crippen LogP contribution in [0.25, 0.3) is 0 Å². The Bertz CT molecular complexity index is 516. The first-order valence-corrected chi connectivity index (χ1v) is 7.33. The first kappa shape index (κ1) is 14.6. The van der Waals surface area contributed by atoms with Gasteiger partial charge in [0.15, 0.2) is 5.13 Å². The van der Waals surface area contributed by atoms with Crippen LogP contribution in [0.5, 0.6) is 0 Å². The van der Waals surface area contributed by atoms with Crippen molar-refractivity contribution in [3.05, 3.63) is 4.88 Å². The van der Waals surface area contributed by atoms with Crippen LogP contribution < -0.4 is 16.4 Å². The summed E-state index contributed by atoms with van der Waals surface area (Å²) in [5.74, 6) is -0.0622. The van der Waals surface area contributed by atoms with Crippen LogP contribution in [0.3, 0.4) is 0 Å². The number of nitrogens with two attached hydrogens (primary N) is 1. The molecule has 20 heavy (non-hydrogen) atoms. The number of nitrogens with one attached hydrogen (secondary N) is 2. The number of amides is 2. The summed E-state index contributed by atoms with van der Waals surface area (Å²) in [4.78, 5) is 30.4. The Hall–Kier alpha value is -1.83. The average molecular weight is 297 g/mol. The van der Waals surface area contributed by atoms with Crippen LogP contribution in [0.15, 0.2) is 0 Å². The van der Waals surface area contributed by atoms with Gasteiger partial charge in [-0.3, -0.25) is 9.59 Å². The fraction of sp³-hybridized carbons (Fsp3) is 0.583. The van der Waals surface area contributed by atoms with Crippen molar-refractivity contribution in [1.29, 1.82) is 0 Å². The van der Waals surface area contributed by atoms with E-state index in [0.29, 0.717) is 23.1 Å². The van der Waals surface area contributed by atoms with Crippen LogP contribution in [0.2, 0.25) is 0 Å². The summed E-state index contributed by atoms with van der Waals surface area (Å²) >= 11 is 1.24. The molecular formula is C12H19N5O2S. The van der Waals surface area contributed by atoms with Gasteiger partial charge in [0, 0.05) is 27.2 Å². The molecule has 1 saturated heterocycles. The quantitative estimate of drug-likeness (QED) is 0.748. The van der Waals surface area contributed by atoms with Gasteiger partial charge in [0.05, 0.1) is 5.92 Å². The van der Waals surface area contributed by atoms with E-state index in [1.807, 2.05) is 0 Å². The van der Waals surface area contributed by atoms with Crippen LogP contribution >= 0.6 is 11.3 Å². The summed E-state index contributed by atoms with van der Waals surface area (Å²) in [5.41, 5.74) is 5.78. The molecule has 110 valence electrons. The molecule has 8 heteroatoms. The minimum absolute atomic E-state index is 0.0179. The number of carbonyl (C=O) groups excluding carboxylic acids is 2. The smallest absolute Gasteiger partial charge is 0.267 e. The summed E-state index contributed by atoms with van der Waals surface area (Å²) in [6, 6.07) is 0. The van der Waals surface area contributed by atoms with Crippen LogP contribution in [0.4, 0.5) is 10.9 Å². The minimum Gasteiger partial charge on any atom is -0.382 e. The lowest BCUT2D eigenvalue weighted by atomic mass is 9.97. The number of thiazole rings is 1. The molecule has 7 nitrogen and oxygen atoms in total. The maximum Gasteiger partial charge on any atom is 0.267 e. The molecule has 0 spiro atoms. The molecule has 1 atom stereocenters. The standard InChI is InChI=1S/C12H19N5O2S/c1-14-10(18)7-4-3-5-17(6-7)11(19)8-9(13)16-12(15-2)20-8/h7H,3-6,13H2,1-2H3,(H,14,18)(H,15,16). The number of anilines is 2. The number of carbonyl (C=O) groups is 2. The first-order valence-electron chi connectivity index (χ1n) is 6.51. The Kier molecular flexibility index (Phi) is 4.43. The lowest BCUT2D eigenvalue weighted by Gasteiger charge is -2.31. The van der Waals surface area contributed by atoms with E-state index in [9.17, 15) is 9.59 Å². The Morgan fingerprint density at radius 3 is 2.80 bits per heavy atom. The van der Waals surface area contributed by atoms with Gasteiger partial charge < -0.3 is 21.3 Å². The monoisotopic (exact) mass is 297 g/mol. The summed E-state index contributed by atoms with van der Waals surface area (Å²) in [7, 11) is 3.35. The van der Waals surface area contributed by atoms with Crippen molar-refractivity contribution in [2.75, 3.05) is 38.2 Å². The Morgan fingerprint density at radius 1 is 1.45 bits per heavy atom. The van der Waals surface area contributed by atoms with E-state index in [2.05, 4.69) is 15.6 Å². The Labute approximate surface area is 121 Å². The molecule has 0 aromatic carbocycles. The van der Waals surface area contributed by atoms with Gasteiger partial charge >= 0.3 is 0 Å². The molecule has 0 bridgehead atoms. The Balaban J connectivity index is 2.12. The van der Waals surface area contributed by atoms with E-state index in [0.717, 1.165) is 12.8 Å². The average Bonchev–Trinajstić information content (AvgIpc) is 2.87. The number of nitrogens with zero attached hydrogens (tertiary/aromatic N) is 2. The van der Waals surface area contributed by atoms with Crippen molar-refractivity contribution in [1.82, 2.24) is 15.2 Å². The topological polar surface area (TPSA) is 100 Å². The number of hydrogen-bond donors (Lipinski definition) is 3. The fourth-order valence-electron chi connectivity index (χ4n) is 2.32. The lowest BCUT2D eigenvalue weighted by molar-refractivity contribution is -0.125. The zero-order valence-electron chi connectivity index (χ0n) is 11.6. The molecule has 0 saturated carbocycles. The SMILES string of the molecule is CNC(=O)C1CCCN(C(=O)c2sc(NC)nc2N)C1. The molecule has 1 aromatic rings. The zero-order valence-corrected chi connectivity index (χ0v) is 12.4. The van der Waals surface area contributed by atoms with Gasteiger partial charge in [-0.15, -0.1) is 0 Å². The van der Waals surface area contributed by atoms with E-state index < -0.39 is 0 Å². The third-order valence-corrected chi connectivity index (χ3v) is 4.46. The largest absolute Gasteiger partial charge is 0.382 e. The van der Waals surface area contributed by atoms with Crippen LogP contribution in [0.1, 0.15) is 22.5 Å². The molecule has 2 amide bonds. The molecule has 1 fully saturated rings. The van der Waals surface area contributed by atoms with E-state index >= 15 is 0 Å². The second-order valence-electron chi connectivity index (χ2n) is 4.69. The van der Waals surface area contributed by atoms with Crippen LogP contribution in [-0.4, -0.2) is 48.9 Å². The molecule has 2 rings (SSSR count). The number of aromatic nitrogens is 1. The van der Waals surface area contributed by atoms with Crippen molar-refractivity contribution in [2.24, 2.45) is 5.92 Å². The van der Waals surface area contributed by atoms with E-state index in [1.54, 1.807) is 19.0 Å². The summed E-state index contributed by atoms with van der Waals surface area (Å²) in [5, 5.41) is 6.13. The second-order valence-corrected chi connectivity index (χ2v) is 5.69. The molecule has 1 aliphatic heterocycles. The number of piperidine rings is 1. The van der Waals surface area contributed by atoms with E-state index in [4.69, 9.17) is 5.73 Å². The number of hydrogen-bond acceptors (Lipinski definition) is 6. The molecule has 0 radical (unpaired) electrons. The molecule has 1 aromatic heterocycles. The van der Waals surface area contributed by atoms with Gasteiger partial charge in [-0.2, -0.15) is 0 Å². The van der Waals surface area contributed by atoms with Gasteiger partial charge in [0.2, 0.25) is 5.91 Å². The highest BCUT2D eigenvalue weighted by Gasteiger charge is 2.30. The van der Waals surface area contributed by atoms with Gasteiger partial charge in [0.25, 0.3) is 5.91 Å². The number of likely N-dealkylation sites (tertiary alicyclic amines) is 1.